The molecule has 25 heavy (non-hydrogen) atoms. The first-order chi connectivity index (χ1) is 12.0. The molecule has 2 N–H and O–H groups in total. The predicted molar refractivity (Wildman–Crippen MR) is 101 cm³/mol. The van der Waals surface area contributed by atoms with Gasteiger partial charge in [0.2, 0.25) is 0 Å². The molecule has 128 valence electrons. The van der Waals surface area contributed by atoms with Crippen LogP contribution in [0, 0.1) is 11.3 Å². The van der Waals surface area contributed by atoms with Gasteiger partial charge in [0.15, 0.2) is 11.5 Å². The highest BCUT2D eigenvalue weighted by atomic mass is 79.9. The standard InChI is InChI=1S/C18H14BrClN2O3/c1-2-25-16-9-11(8-13(19)17(16)23)7-12(10-21)18(24)22-15-6-4-3-5-14(15)20/h3-9,23H,2H2,1H3,(H,22,24)/b12-7+. The quantitative estimate of drug-likeness (QED) is 0.539. The average Bonchev–Trinajstić information content (AvgIpc) is 2.59. The number of phenols is 1. The molecule has 0 saturated carbocycles. The molecule has 0 aliphatic heterocycles. The molecule has 0 aliphatic rings. The third-order valence-electron chi connectivity index (χ3n) is 3.15. The molecule has 0 bridgehead atoms. The summed E-state index contributed by atoms with van der Waals surface area (Å²) in [5, 5.41) is 22.2. The van der Waals surface area contributed by atoms with Gasteiger partial charge in [0, 0.05) is 0 Å². The van der Waals surface area contributed by atoms with Gasteiger partial charge in [-0.2, -0.15) is 5.26 Å². The molecule has 0 aliphatic carbocycles. The van der Waals surface area contributed by atoms with Crippen molar-refractivity contribution >= 4 is 45.2 Å². The highest BCUT2D eigenvalue weighted by Crippen LogP contribution is 2.36. The summed E-state index contributed by atoms with van der Waals surface area (Å²) in [5.74, 6) is -0.372. The van der Waals surface area contributed by atoms with E-state index in [1.54, 1.807) is 43.3 Å². The number of aromatic hydroxyl groups is 1. The zero-order valence-corrected chi connectivity index (χ0v) is 15.6. The largest absolute Gasteiger partial charge is 0.503 e. The lowest BCUT2D eigenvalue weighted by Crippen LogP contribution is -2.13. The van der Waals surface area contributed by atoms with E-state index in [0.717, 1.165) is 0 Å². The lowest BCUT2D eigenvalue weighted by molar-refractivity contribution is -0.112. The van der Waals surface area contributed by atoms with E-state index in [9.17, 15) is 15.2 Å². The SMILES string of the molecule is CCOc1cc(/C=C(\C#N)C(=O)Nc2ccccc2Cl)cc(Br)c1O. The topological polar surface area (TPSA) is 82.3 Å². The van der Waals surface area contributed by atoms with Crippen LogP contribution < -0.4 is 10.1 Å². The molecule has 0 aromatic heterocycles. The molecule has 5 nitrogen and oxygen atoms in total. The Morgan fingerprint density at radius 2 is 2.16 bits per heavy atom. The fraction of sp³-hybridized carbons (Fsp3) is 0.111. The Morgan fingerprint density at radius 1 is 1.44 bits per heavy atom. The van der Waals surface area contributed by atoms with Gasteiger partial charge in [0.25, 0.3) is 5.91 Å². The minimum atomic E-state index is -0.585. The van der Waals surface area contributed by atoms with E-state index in [1.807, 2.05) is 6.07 Å². The normalized spacial score (nSPS) is 10.9. The van der Waals surface area contributed by atoms with E-state index in [1.165, 1.54) is 6.08 Å². The zero-order chi connectivity index (χ0) is 18.4. The number of phenolic OH excluding ortho intramolecular Hbond substituents is 1. The number of carbonyl (C=O) groups excluding carboxylic acids is 1. The molecular weight excluding hydrogens is 408 g/mol. The monoisotopic (exact) mass is 420 g/mol. The Balaban J connectivity index is 2.32. The summed E-state index contributed by atoms with van der Waals surface area (Å²) in [4.78, 5) is 12.3. The van der Waals surface area contributed by atoms with Gasteiger partial charge in [-0.25, -0.2) is 0 Å². The highest BCUT2D eigenvalue weighted by molar-refractivity contribution is 9.10. The number of nitrogens with zero attached hydrogens (tertiary/aromatic N) is 1. The summed E-state index contributed by atoms with van der Waals surface area (Å²) in [6.07, 6.45) is 1.40. The predicted octanol–water partition coefficient (Wildman–Crippen LogP) is 4.75. The fourth-order valence-corrected chi connectivity index (χ4v) is 2.65. The number of amides is 1. The molecule has 2 rings (SSSR count). The van der Waals surface area contributed by atoms with Gasteiger partial charge in [-0.15, -0.1) is 0 Å². The lowest BCUT2D eigenvalue weighted by Gasteiger charge is -2.09. The second kappa shape index (κ2) is 8.56. The summed E-state index contributed by atoms with van der Waals surface area (Å²) < 4.78 is 5.73. The number of halogens is 2. The molecule has 0 spiro atoms. The Morgan fingerprint density at radius 3 is 2.80 bits per heavy atom. The number of nitrogens with one attached hydrogen (secondary N) is 1. The number of para-hydroxylation sites is 1. The molecule has 0 saturated heterocycles. The van der Waals surface area contributed by atoms with Gasteiger partial charge >= 0.3 is 0 Å². The average molecular weight is 422 g/mol. The van der Waals surface area contributed by atoms with Gasteiger partial charge in [0.1, 0.15) is 11.6 Å². The van der Waals surface area contributed by atoms with E-state index < -0.39 is 5.91 Å². The number of nitriles is 1. The molecule has 7 heteroatoms. The van der Waals surface area contributed by atoms with Crippen LogP contribution in [0.3, 0.4) is 0 Å². The van der Waals surface area contributed by atoms with Crippen molar-refractivity contribution in [3.63, 3.8) is 0 Å². The molecule has 0 heterocycles. The summed E-state index contributed by atoms with van der Waals surface area (Å²) in [6, 6.07) is 11.7. The second-order valence-corrected chi connectivity index (χ2v) is 6.15. The maximum Gasteiger partial charge on any atom is 0.266 e. The summed E-state index contributed by atoms with van der Waals surface area (Å²) in [7, 11) is 0. The van der Waals surface area contributed by atoms with Crippen molar-refractivity contribution < 1.29 is 14.6 Å². The van der Waals surface area contributed by atoms with Crippen LogP contribution in [0.15, 0.2) is 46.4 Å². The summed E-state index contributed by atoms with van der Waals surface area (Å²) in [6.45, 7) is 2.15. The second-order valence-electron chi connectivity index (χ2n) is 4.89. The van der Waals surface area contributed by atoms with E-state index in [-0.39, 0.29) is 17.1 Å². The number of benzene rings is 2. The van der Waals surface area contributed by atoms with Gasteiger partial charge in [-0.1, -0.05) is 23.7 Å². The molecule has 0 unspecified atom stereocenters. The van der Waals surface area contributed by atoms with Crippen molar-refractivity contribution in [2.75, 3.05) is 11.9 Å². The number of hydrogen-bond acceptors (Lipinski definition) is 4. The molecule has 1 amide bonds. The molecule has 0 radical (unpaired) electrons. The van der Waals surface area contributed by atoms with Gasteiger partial charge < -0.3 is 15.2 Å². The van der Waals surface area contributed by atoms with E-state index in [2.05, 4.69) is 21.2 Å². The summed E-state index contributed by atoms with van der Waals surface area (Å²) >= 11 is 9.22. The molecule has 2 aromatic carbocycles. The van der Waals surface area contributed by atoms with Crippen LogP contribution in [-0.4, -0.2) is 17.6 Å². The number of rotatable bonds is 5. The highest BCUT2D eigenvalue weighted by Gasteiger charge is 2.13. The first-order valence-electron chi connectivity index (χ1n) is 7.29. The zero-order valence-electron chi connectivity index (χ0n) is 13.2. The van der Waals surface area contributed by atoms with E-state index >= 15 is 0 Å². The summed E-state index contributed by atoms with van der Waals surface area (Å²) in [5.41, 5.74) is 0.830. The van der Waals surface area contributed by atoms with Crippen molar-refractivity contribution in [2.24, 2.45) is 0 Å². The van der Waals surface area contributed by atoms with Crippen molar-refractivity contribution in [1.82, 2.24) is 0 Å². The van der Waals surface area contributed by atoms with Crippen LogP contribution in [0.2, 0.25) is 5.02 Å². The van der Waals surface area contributed by atoms with Crippen molar-refractivity contribution in [3.8, 4) is 17.6 Å². The first kappa shape index (κ1) is 18.8. The third-order valence-corrected chi connectivity index (χ3v) is 4.08. The number of carbonyl (C=O) groups is 1. The fourth-order valence-electron chi connectivity index (χ4n) is 2.01. The number of hydrogen-bond donors (Lipinski definition) is 2. The first-order valence-corrected chi connectivity index (χ1v) is 8.46. The maximum atomic E-state index is 12.3. The van der Waals surface area contributed by atoms with Crippen LogP contribution in [0.1, 0.15) is 12.5 Å². The smallest absolute Gasteiger partial charge is 0.266 e. The number of ether oxygens (including phenoxy) is 1. The van der Waals surface area contributed by atoms with Crippen LogP contribution in [0.5, 0.6) is 11.5 Å². The molecule has 0 fully saturated rings. The molecule has 2 aromatic rings. The van der Waals surface area contributed by atoms with Gasteiger partial charge in [-0.3, -0.25) is 4.79 Å². The van der Waals surface area contributed by atoms with Crippen LogP contribution in [0.25, 0.3) is 6.08 Å². The van der Waals surface area contributed by atoms with Crippen molar-refractivity contribution in [2.45, 2.75) is 6.92 Å². The third kappa shape index (κ3) is 4.75. The number of anilines is 1. The van der Waals surface area contributed by atoms with Crippen molar-refractivity contribution in [1.29, 1.82) is 5.26 Å². The van der Waals surface area contributed by atoms with Crippen LogP contribution >= 0.6 is 27.5 Å². The molecular formula is C18H14BrClN2O3. The minimum absolute atomic E-state index is 0.0435. The van der Waals surface area contributed by atoms with Gasteiger partial charge in [0.05, 0.1) is 21.8 Å². The molecule has 0 atom stereocenters. The van der Waals surface area contributed by atoms with E-state index in [0.29, 0.717) is 27.4 Å². The van der Waals surface area contributed by atoms with E-state index in [4.69, 9.17) is 16.3 Å². The maximum absolute atomic E-state index is 12.3. The van der Waals surface area contributed by atoms with Gasteiger partial charge in [-0.05, 0) is 58.8 Å². The minimum Gasteiger partial charge on any atom is -0.503 e. The Hall–Kier alpha value is -2.49. The Kier molecular flexibility index (Phi) is 6.45. The Bertz CT molecular complexity index is 875. The Labute approximate surface area is 158 Å². The van der Waals surface area contributed by atoms with Crippen LogP contribution in [0.4, 0.5) is 5.69 Å². The lowest BCUT2D eigenvalue weighted by atomic mass is 10.1. The van der Waals surface area contributed by atoms with Crippen molar-refractivity contribution in [3.05, 3.63) is 57.0 Å². The van der Waals surface area contributed by atoms with Crippen LogP contribution in [-0.2, 0) is 4.79 Å².